The Balaban J connectivity index is 1.71. The highest BCUT2D eigenvalue weighted by atomic mass is 32.1. The van der Waals surface area contributed by atoms with Gasteiger partial charge < -0.3 is 4.90 Å². The third-order valence-corrected chi connectivity index (χ3v) is 4.44. The van der Waals surface area contributed by atoms with Crippen LogP contribution >= 0.6 is 11.3 Å². The molecule has 0 aliphatic heterocycles. The fourth-order valence-corrected chi connectivity index (χ4v) is 3.01. The third kappa shape index (κ3) is 3.07. The van der Waals surface area contributed by atoms with Gasteiger partial charge in [0.05, 0.1) is 0 Å². The lowest BCUT2D eigenvalue weighted by Crippen LogP contribution is -2.34. The predicted octanol–water partition coefficient (Wildman–Crippen LogP) is 3.73. The number of benzene rings is 1. The van der Waals surface area contributed by atoms with E-state index in [1.807, 2.05) is 16.3 Å². The van der Waals surface area contributed by atoms with Crippen LogP contribution < -0.4 is 0 Å². The molecule has 1 fully saturated rings. The summed E-state index contributed by atoms with van der Waals surface area (Å²) in [4.78, 5) is 15.7. The molecule has 3 rings (SSSR count). The van der Waals surface area contributed by atoms with Crippen LogP contribution in [0.5, 0.6) is 0 Å². The summed E-state index contributed by atoms with van der Waals surface area (Å²) in [6.45, 7) is 0.709. The predicted molar refractivity (Wildman–Crippen MR) is 78.5 cm³/mol. The normalized spacial score (nSPS) is 14.2. The number of carbonyl (C=O) groups is 1. The molecule has 0 saturated heterocycles. The number of carbonyl (C=O) groups excluding carboxylic acids is 1. The molecule has 4 heteroatoms. The standard InChI is InChI=1S/C16H16FNOS/c17-13-4-1-3-12(11-13)16(19)18(14-6-7-14)9-8-15-5-2-10-20-15/h1-5,10-11,14H,6-9H2. The summed E-state index contributed by atoms with van der Waals surface area (Å²) in [6, 6.07) is 10.4. The summed E-state index contributed by atoms with van der Waals surface area (Å²) in [6.07, 6.45) is 2.99. The Morgan fingerprint density at radius 2 is 2.15 bits per heavy atom. The minimum Gasteiger partial charge on any atom is -0.335 e. The molecule has 1 aromatic carbocycles. The van der Waals surface area contributed by atoms with Gasteiger partial charge in [-0.1, -0.05) is 12.1 Å². The number of hydrogen-bond acceptors (Lipinski definition) is 2. The van der Waals surface area contributed by atoms with Crippen LogP contribution in [-0.4, -0.2) is 23.4 Å². The summed E-state index contributed by atoms with van der Waals surface area (Å²) in [5.74, 6) is -0.409. The Labute approximate surface area is 121 Å². The van der Waals surface area contributed by atoms with Crippen LogP contribution in [0.4, 0.5) is 4.39 Å². The zero-order valence-electron chi connectivity index (χ0n) is 11.1. The average Bonchev–Trinajstić information content (AvgIpc) is 3.14. The molecule has 1 amide bonds. The minimum atomic E-state index is -0.357. The van der Waals surface area contributed by atoms with E-state index in [2.05, 4.69) is 6.07 Å². The maximum atomic E-state index is 13.2. The molecule has 104 valence electrons. The van der Waals surface area contributed by atoms with Crippen LogP contribution in [0.15, 0.2) is 41.8 Å². The summed E-state index contributed by atoms with van der Waals surface area (Å²) in [5.41, 5.74) is 0.447. The molecular formula is C16H16FNOS. The van der Waals surface area contributed by atoms with Crippen LogP contribution in [-0.2, 0) is 6.42 Å². The van der Waals surface area contributed by atoms with E-state index < -0.39 is 0 Å². The van der Waals surface area contributed by atoms with Gasteiger partial charge in [-0.05, 0) is 48.9 Å². The topological polar surface area (TPSA) is 20.3 Å². The van der Waals surface area contributed by atoms with Gasteiger partial charge in [0.1, 0.15) is 5.82 Å². The molecule has 1 heterocycles. The van der Waals surface area contributed by atoms with Gasteiger partial charge in [0.2, 0.25) is 0 Å². The third-order valence-electron chi connectivity index (χ3n) is 3.50. The van der Waals surface area contributed by atoms with Crippen molar-refractivity contribution in [2.75, 3.05) is 6.54 Å². The maximum Gasteiger partial charge on any atom is 0.254 e. The van der Waals surface area contributed by atoms with E-state index in [0.29, 0.717) is 18.2 Å². The van der Waals surface area contributed by atoms with Crippen LogP contribution in [0.2, 0.25) is 0 Å². The first-order valence-electron chi connectivity index (χ1n) is 6.83. The number of rotatable bonds is 5. The Morgan fingerprint density at radius 1 is 1.30 bits per heavy atom. The van der Waals surface area contributed by atoms with Gasteiger partial charge >= 0.3 is 0 Å². The van der Waals surface area contributed by atoms with Crippen molar-refractivity contribution < 1.29 is 9.18 Å². The molecule has 2 aromatic rings. The van der Waals surface area contributed by atoms with Gasteiger partial charge in [0.25, 0.3) is 5.91 Å². The second-order valence-electron chi connectivity index (χ2n) is 5.07. The molecule has 1 aromatic heterocycles. The zero-order valence-corrected chi connectivity index (χ0v) is 11.9. The monoisotopic (exact) mass is 289 g/mol. The molecule has 1 aliphatic carbocycles. The Morgan fingerprint density at radius 3 is 2.80 bits per heavy atom. The smallest absolute Gasteiger partial charge is 0.254 e. The number of thiophene rings is 1. The summed E-state index contributed by atoms with van der Waals surface area (Å²) < 4.78 is 13.2. The van der Waals surface area contributed by atoms with Crippen LogP contribution in [0.1, 0.15) is 28.1 Å². The summed E-state index contributed by atoms with van der Waals surface area (Å²) in [7, 11) is 0. The van der Waals surface area contributed by atoms with Crippen molar-refractivity contribution >= 4 is 17.2 Å². The summed E-state index contributed by atoms with van der Waals surface area (Å²) >= 11 is 1.71. The van der Waals surface area contributed by atoms with Gasteiger partial charge in [-0.3, -0.25) is 4.79 Å². The van der Waals surface area contributed by atoms with Gasteiger partial charge in [0.15, 0.2) is 0 Å². The molecular weight excluding hydrogens is 273 g/mol. The van der Waals surface area contributed by atoms with Crippen LogP contribution in [0.25, 0.3) is 0 Å². The zero-order chi connectivity index (χ0) is 13.9. The second-order valence-corrected chi connectivity index (χ2v) is 6.10. The molecule has 0 N–H and O–H groups in total. The maximum absolute atomic E-state index is 13.2. The highest BCUT2D eigenvalue weighted by Crippen LogP contribution is 2.28. The van der Waals surface area contributed by atoms with Crippen molar-refractivity contribution in [1.82, 2.24) is 4.90 Å². The van der Waals surface area contributed by atoms with Gasteiger partial charge in [0, 0.05) is 23.0 Å². The van der Waals surface area contributed by atoms with Crippen molar-refractivity contribution in [1.29, 1.82) is 0 Å². The molecule has 2 nitrogen and oxygen atoms in total. The van der Waals surface area contributed by atoms with E-state index in [0.717, 1.165) is 19.3 Å². The van der Waals surface area contributed by atoms with E-state index in [-0.39, 0.29) is 11.7 Å². The van der Waals surface area contributed by atoms with E-state index in [1.165, 1.54) is 17.0 Å². The lowest BCUT2D eigenvalue weighted by atomic mass is 10.2. The van der Waals surface area contributed by atoms with Gasteiger partial charge in [-0.25, -0.2) is 4.39 Å². The number of nitrogens with zero attached hydrogens (tertiary/aromatic N) is 1. The fourth-order valence-electron chi connectivity index (χ4n) is 2.31. The summed E-state index contributed by atoms with van der Waals surface area (Å²) in [5, 5.41) is 2.05. The van der Waals surface area contributed by atoms with Crippen LogP contribution in [0, 0.1) is 5.82 Å². The highest BCUT2D eigenvalue weighted by molar-refractivity contribution is 7.09. The largest absolute Gasteiger partial charge is 0.335 e. The van der Waals surface area contributed by atoms with Gasteiger partial charge in [-0.2, -0.15) is 0 Å². The van der Waals surface area contributed by atoms with E-state index in [9.17, 15) is 9.18 Å². The van der Waals surface area contributed by atoms with Crippen molar-refractivity contribution in [3.05, 3.63) is 58.0 Å². The van der Waals surface area contributed by atoms with Crippen molar-refractivity contribution in [3.63, 3.8) is 0 Å². The minimum absolute atomic E-state index is 0.0523. The first-order valence-corrected chi connectivity index (χ1v) is 7.71. The Hall–Kier alpha value is -1.68. The molecule has 0 radical (unpaired) electrons. The lowest BCUT2D eigenvalue weighted by molar-refractivity contribution is 0.0745. The molecule has 0 spiro atoms. The molecule has 0 unspecified atom stereocenters. The number of hydrogen-bond donors (Lipinski definition) is 0. The molecule has 20 heavy (non-hydrogen) atoms. The van der Waals surface area contributed by atoms with E-state index in [4.69, 9.17) is 0 Å². The fraction of sp³-hybridized carbons (Fsp3) is 0.312. The number of amides is 1. The Bertz CT molecular complexity index is 592. The molecule has 0 atom stereocenters. The van der Waals surface area contributed by atoms with Crippen LogP contribution in [0.3, 0.4) is 0 Å². The molecule has 0 bridgehead atoms. The first kappa shape index (κ1) is 13.3. The SMILES string of the molecule is O=C(c1cccc(F)c1)N(CCc1cccs1)C1CC1. The molecule has 1 aliphatic rings. The quantitative estimate of drug-likeness (QED) is 0.821. The average molecular weight is 289 g/mol. The number of halogens is 1. The first-order chi connectivity index (χ1) is 9.74. The second kappa shape index (κ2) is 5.75. The van der Waals surface area contributed by atoms with Crippen molar-refractivity contribution in [3.8, 4) is 0 Å². The van der Waals surface area contributed by atoms with E-state index >= 15 is 0 Å². The highest BCUT2D eigenvalue weighted by Gasteiger charge is 2.32. The van der Waals surface area contributed by atoms with Crippen molar-refractivity contribution in [2.24, 2.45) is 0 Å². The van der Waals surface area contributed by atoms with Gasteiger partial charge in [-0.15, -0.1) is 11.3 Å². The van der Waals surface area contributed by atoms with Crippen molar-refractivity contribution in [2.45, 2.75) is 25.3 Å². The Kier molecular flexibility index (Phi) is 3.83. The molecule has 1 saturated carbocycles. The lowest BCUT2D eigenvalue weighted by Gasteiger charge is -2.22. The van der Waals surface area contributed by atoms with E-state index in [1.54, 1.807) is 23.5 Å².